The summed E-state index contributed by atoms with van der Waals surface area (Å²) in [5.74, 6) is 1.61. The van der Waals surface area contributed by atoms with Crippen LogP contribution in [0.4, 0.5) is 5.82 Å². The van der Waals surface area contributed by atoms with Crippen LogP contribution in [0.5, 0.6) is 0 Å². The van der Waals surface area contributed by atoms with Gasteiger partial charge in [-0.2, -0.15) is 0 Å². The molecule has 3 rings (SSSR count). The van der Waals surface area contributed by atoms with Gasteiger partial charge in [0.2, 0.25) is 0 Å². The standard InChI is InChI=1S/C10H14ClN7/c11-3-4-16-5-7-17(8-6-16)10-2-1-9-12-14-15-18(9)13-10/h1-2H,3-8H2. The third kappa shape index (κ3) is 2.23. The molecule has 0 bridgehead atoms. The molecule has 2 aromatic rings. The molecule has 0 aliphatic carbocycles. The molecule has 0 aromatic carbocycles. The number of hydrogen-bond acceptors (Lipinski definition) is 6. The number of halogens is 1. The maximum Gasteiger partial charge on any atom is 0.200 e. The number of piperazine rings is 1. The average Bonchev–Trinajstić information content (AvgIpc) is 2.87. The van der Waals surface area contributed by atoms with Crippen molar-refractivity contribution in [1.82, 2.24) is 30.2 Å². The Hall–Kier alpha value is -1.47. The molecule has 0 saturated carbocycles. The molecule has 0 radical (unpaired) electrons. The number of nitrogens with zero attached hydrogens (tertiary/aromatic N) is 7. The molecular formula is C10H14ClN7. The fourth-order valence-electron chi connectivity index (χ4n) is 2.13. The Kier molecular flexibility index (Phi) is 3.24. The van der Waals surface area contributed by atoms with E-state index in [0.717, 1.165) is 38.5 Å². The highest BCUT2D eigenvalue weighted by Gasteiger charge is 2.18. The largest absolute Gasteiger partial charge is 0.353 e. The van der Waals surface area contributed by atoms with Crippen molar-refractivity contribution in [3.8, 4) is 0 Å². The molecule has 0 N–H and O–H groups in total. The van der Waals surface area contributed by atoms with Crippen molar-refractivity contribution < 1.29 is 0 Å². The summed E-state index contributed by atoms with van der Waals surface area (Å²) < 4.78 is 1.46. The Morgan fingerprint density at radius 2 is 2.00 bits per heavy atom. The number of alkyl halides is 1. The van der Waals surface area contributed by atoms with Crippen molar-refractivity contribution >= 4 is 23.1 Å². The minimum absolute atomic E-state index is 0.666. The van der Waals surface area contributed by atoms with E-state index in [9.17, 15) is 0 Å². The Bertz CT molecular complexity index is 520. The summed E-state index contributed by atoms with van der Waals surface area (Å²) in [6.07, 6.45) is 0. The second-order valence-corrected chi connectivity index (χ2v) is 4.61. The Labute approximate surface area is 109 Å². The lowest BCUT2D eigenvalue weighted by Crippen LogP contribution is -2.47. The van der Waals surface area contributed by atoms with E-state index in [-0.39, 0.29) is 0 Å². The molecule has 0 amide bonds. The van der Waals surface area contributed by atoms with Gasteiger partial charge in [-0.25, -0.2) is 0 Å². The third-order valence-corrected chi connectivity index (χ3v) is 3.32. The fourth-order valence-corrected chi connectivity index (χ4v) is 2.37. The first kappa shape index (κ1) is 11.6. The first-order valence-corrected chi connectivity index (χ1v) is 6.49. The number of fused-ring (bicyclic) bond motifs is 1. The maximum atomic E-state index is 5.75. The van der Waals surface area contributed by atoms with E-state index in [2.05, 4.69) is 30.4 Å². The molecule has 0 spiro atoms. The van der Waals surface area contributed by atoms with Crippen LogP contribution in [0.3, 0.4) is 0 Å². The highest BCUT2D eigenvalue weighted by Crippen LogP contribution is 2.13. The number of anilines is 1. The van der Waals surface area contributed by atoms with Gasteiger partial charge in [0.25, 0.3) is 0 Å². The third-order valence-electron chi connectivity index (χ3n) is 3.15. The normalized spacial score (nSPS) is 17.5. The zero-order valence-corrected chi connectivity index (χ0v) is 10.7. The van der Waals surface area contributed by atoms with Crippen molar-refractivity contribution in [1.29, 1.82) is 0 Å². The number of aromatic nitrogens is 5. The Morgan fingerprint density at radius 3 is 2.78 bits per heavy atom. The average molecular weight is 268 g/mol. The summed E-state index contributed by atoms with van der Waals surface area (Å²) in [7, 11) is 0. The smallest absolute Gasteiger partial charge is 0.200 e. The van der Waals surface area contributed by atoms with Gasteiger partial charge >= 0.3 is 0 Å². The molecule has 8 heteroatoms. The van der Waals surface area contributed by atoms with Crippen molar-refractivity contribution in [2.24, 2.45) is 0 Å². The Balaban J connectivity index is 1.71. The predicted molar refractivity (Wildman–Crippen MR) is 68.0 cm³/mol. The van der Waals surface area contributed by atoms with Crippen molar-refractivity contribution in [2.75, 3.05) is 43.5 Å². The van der Waals surface area contributed by atoms with Crippen molar-refractivity contribution in [2.45, 2.75) is 0 Å². The highest BCUT2D eigenvalue weighted by atomic mass is 35.5. The summed E-state index contributed by atoms with van der Waals surface area (Å²) in [5.41, 5.74) is 0.666. The zero-order chi connectivity index (χ0) is 12.4. The number of hydrogen-bond donors (Lipinski definition) is 0. The van der Waals surface area contributed by atoms with Crippen molar-refractivity contribution in [3.63, 3.8) is 0 Å². The lowest BCUT2D eigenvalue weighted by molar-refractivity contribution is 0.271. The van der Waals surface area contributed by atoms with Crippen LogP contribution in [0.25, 0.3) is 5.65 Å². The van der Waals surface area contributed by atoms with E-state index in [1.54, 1.807) is 0 Å². The van der Waals surface area contributed by atoms with Crippen LogP contribution in [-0.4, -0.2) is 68.8 Å². The van der Waals surface area contributed by atoms with Gasteiger partial charge in [0.15, 0.2) is 11.5 Å². The molecule has 1 aliphatic heterocycles. The minimum Gasteiger partial charge on any atom is -0.353 e. The minimum atomic E-state index is 0.666. The molecular weight excluding hydrogens is 254 g/mol. The van der Waals surface area contributed by atoms with Crippen LogP contribution in [0, 0.1) is 0 Å². The van der Waals surface area contributed by atoms with Crippen LogP contribution in [-0.2, 0) is 0 Å². The highest BCUT2D eigenvalue weighted by molar-refractivity contribution is 6.18. The van der Waals surface area contributed by atoms with E-state index in [0.29, 0.717) is 11.5 Å². The van der Waals surface area contributed by atoms with Gasteiger partial charge in [-0.05, 0) is 22.6 Å². The lowest BCUT2D eigenvalue weighted by Gasteiger charge is -2.34. The molecule has 18 heavy (non-hydrogen) atoms. The van der Waals surface area contributed by atoms with Crippen LogP contribution in [0.2, 0.25) is 0 Å². The summed E-state index contributed by atoms with van der Waals surface area (Å²) in [6, 6.07) is 3.84. The second kappa shape index (κ2) is 5.03. The Morgan fingerprint density at radius 1 is 1.17 bits per heavy atom. The van der Waals surface area contributed by atoms with Gasteiger partial charge in [-0.3, -0.25) is 4.90 Å². The molecule has 3 heterocycles. The molecule has 7 nitrogen and oxygen atoms in total. The van der Waals surface area contributed by atoms with Gasteiger partial charge < -0.3 is 4.90 Å². The molecule has 0 atom stereocenters. The maximum absolute atomic E-state index is 5.75. The summed E-state index contributed by atoms with van der Waals surface area (Å²) >= 11 is 5.75. The van der Waals surface area contributed by atoms with Gasteiger partial charge in [0.05, 0.1) is 0 Å². The summed E-state index contributed by atoms with van der Waals surface area (Å²) in [4.78, 5) is 4.60. The quantitative estimate of drug-likeness (QED) is 0.723. The SMILES string of the molecule is ClCCN1CCN(c2ccc3nnnn3n2)CC1. The molecule has 96 valence electrons. The van der Waals surface area contributed by atoms with E-state index in [4.69, 9.17) is 11.6 Å². The van der Waals surface area contributed by atoms with E-state index in [1.165, 1.54) is 4.63 Å². The second-order valence-electron chi connectivity index (χ2n) is 4.24. The molecule has 0 unspecified atom stereocenters. The molecule has 1 fully saturated rings. The van der Waals surface area contributed by atoms with E-state index >= 15 is 0 Å². The van der Waals surface area contributed by atoms with E-state index in [1.807, 2.05) is 12.1 Å². The monoisotopic (exact) mass is 267 g/mol. The zero-order valence-electron chi connectivity index (χ0n) is 9.91. The molecule has 1 saturated heterocycles. The van der Waals surface area contributed by atoms with Crippen LogP contribution >= 0.6 is 11.6 Å². The predicted octanol–water partition coefficient (Wildman–Crippen LogP) is -0.120. The van der Waals surface area contributed by atoms with Crippen LogP contribution < -0.4 is 4.90 Å². The molecule has 2 aromatic heterocycles. The van der Waals surface area contributed by atoms with Gasteiger partial charge in [0, 0.05) is 38.6 Å². The van der Waals surface area contributed by atoms with E-state index < -0.39 is 0 Å². The first-order chi connectivity index (χ1) is 8.86. The fraction of sp³-hybridized carbons (Fsp3) is 0.600. The van der Waals surface area contributed by atoms with Crippen molar-refractivity contribution in [3.05, 3.63) is 12.1 Å². The van der Waals surface area contributed by atoms with Gasteiger partial charge in [0.1, 0.15) is 0 Å². The van der Waals surface area contributed by atoms with Gasteiger partial charge in [-0.15, -0.1) is 26.4 Å². The lowest BCUT2D eigenvalue weighted by atomic mass is 10.3. The molecule has 1 aliphatic rings. The topological polar surface area (TPSA) is 62.5 Å². The van der Waals surface area contributed by atoms with Crippen LogP contribution in [0.15, 0.2) is 12.1 Å². The van der Waals surface area contributed by atoms with Gasteiger partial charge in [-0.1, -0.05) is 0 Å². The summed E-state index contributed by atoms with van der Waals surface area (Å²) in [5, 5.41) is 15.6. The number of rotatable bonds is 3. The van der Waals surface area contributed by atoms with Crippen LogP contribution in [0.1, 0.15) is 0 Å². The first-order valence-electron chi connectivity index (χ1n) is 5.95. The number of tetrazole rings is 1. The summed E-state index contributed by atoms with van der Waals surface area (Å²) in [6.45, 7) is 4.90.